The summed E-state index contributed by atoms with van der Waals surface area (Å²) in [5.41, 5.74) is 3.26. The molecule has 0 fully saturated rings. The molecule has 0 spiro atoms. The molecule has 6 nitrogen and oxygen atoms in total. The molecule has 1 atom stereocenters. The number of ether oxygens (including phenoxy) is 1. The second-order valence-corrected chi connectivity index (χ2v) is 8.32. The zero-order valence-electron chi connectivity index (χ0n) is 19.7. The molecule has 0 unspecified atom stereocenters. The van der Waals surface area contributed by atoms with Crippen LogP contribution >= 0.6 is 0 Å². The molecule has 0 aliphatic rings. The molecule has 0 aliphatic heterocycles. The van der Waals surface area contributed by atoms with E-state index in [0.29, 0.717) is 5.56 Å². The molecule has 1 heterocycles. The first-order valence-corrected chi connectivity index (χ1v) is 11.7. The number of amides is 1. The van der Waals surface area contributed by atoms with Gasteiger partial charge in [-0.1, -0.05) is 49.7 Å². The number of nitrogens with one attached hydrogen (secondary N) is 1. The van der Waals surface area contributed by atoms with Crippen LogP contribution in [0, 0.1) is 0 Å². The molecule has 1 aromatic heterocycles. The standard InChI is InChI=1S/C28H29N3O3/c1-4-8-19(3)29-27(32)21-13-15-24(16-14-21)31-26(18-25(30-31)28(33)34-5-2)23-12-11-20-9-6-7-10-22(20)17-23/h6-7,9-19H,4-5,8H2,1-3H3,(H,29,32)/t19-/m1/s1. The van der Waals surface area contributed by atoms with Gasteiger partial charge < -0.3 is 10.1 Å². The molecule has 4 rings (SSSR count). The van der Waals surface area contributed by atoms with Gasteiger partial charge >= 0.3 is 5.97 Å². The van der Waals surface area contributed by atoms with Crippen LogP contribution in [0.2, 0.25) is 0 Å². The minimum atomic E-state index is -0.468. The van der Waals surface area contributed by atoms with E-state index < -0.39 is 5.97 Å². The van der Waals surface area contributed by atoms with Gasteiger partial charge in [0.05, 0.1) is 18.0 Å². The highest BCUT2D eigenvalue weighted by atomic mass is 16.5. The summed E-state index contributed by atoms with van der Waals surface area (Å²) in [6.45, 7) is 6.15. The highest BCUT2D eigenvalue weighted by Crippen LogP contribution is 2.28. The van der Waals surface area contributed by atoms with Crippen molar-refractivity contribution in [3.8, 4) is 16.9 Å². The Kier molecular flexibility index (Phi) is 7.07. The Morgan fingerprint density at radius 3 is 2.41 bits per heavy atom. The smallest absolute Gasteiger partial charge is 0.358 e. The van der Waals surface area contributed by atoms with Crippen molar-refractivity contribution in [3.63, 3.8) is 0 Å². The van der Waals surface area contributed by atoms with Crippen molar-refractivity contribution in [1.29, 1.82) is 0 Å². The average Bonchev–Trinajstić information content (AvgIpc) is 3.30. The highest BCUT2D eigenvalue weighted by Gasteiger charge is 2.18. The van der Waals surface area contributed by atoms with Crippen LogP contribution < -0.4 is 5.32 Å². The molecule has 1 amide bonds. The maximum Gasteiger partial charge on any atom is 0.358 e. The molecule has 4 aromatic rings. The predicted octanol–water partition coefficient (Wildman–Crippen LogP) is 5.79. The number of rotatable bonds is 8. The van der Waals surface area contributed by atoms with Crippen LogP contribution in [-0.4, -0.2) is 34.3 Å². The quantitative estimate of drug-likeness (QED) is 0.342. The van der Waals surface area contributed by atoms with Crippen molar-refractivity contribution in [2.75, 3.05) is 6.61 Å². The Balaban J connectivity index is 1.71. The first-order chi connectivity index (χ1) is 16.5. The van der Waals surface area contributed by atoms with Crippen LogP contribution in [-0.2, 0) is 4.74 Å². The monoisotopic (exact) mass is 455 g/mol. The van der Waals surface area contributed by atoms with Crippen molar-refractivity contribution in [2.24, 2.45) is 0 Å². The zero-order valence-corrected chi connectivity index (χ0v) is 19.7. The molecule has 0 saturated carbocycles. The normalized spacial score (nSPS) is 11.9. The molecule has 34 heavy (non-hydrogen) atoms. The Morgan fingerprint density at radius 1 is 0.971 bits per heavy atom. The fourth-order valence-electron chi connectivity index (χ4n) is 4.00. The van der Waals surface area contributed by atoms with Gasteiger partial charge in [0.2, 0.25) is 0 Å². The number of benzene rings is 3. The lowest BCUT2D eigenvalue weighted by molar-refractivity contribution is 0.0518. The van der Waals surface area contributed by atoms with Crippen LogP contribution in [0.25, 0.3) is 27.7 Å². The van der Waals surface area contributed by atoms with E-state index >= 15 is 0 Å². The van der Waals surface area contributed by atoms with Crippen LogP contribution in [0.15, 0.2) is 72.8 Å². The molecule has 0 aliphatic carbocycles. The number of hydrogen-bond donors (Lipinski definition) is 1. The SMILES string of the molecule is CCC[C@@H](C)NC(=O)c1ccc(-n2nc(C(=O)OCC)cc2-c2ccc3ccccc3c2)cc1. The summed E-state index contributed by atoms with van der Waals surface area (Å²) < 4.78 is 6.90. The Labute approximate surface area is 199 Å². The van der Waals surface area contributed by atoms with Crippen LogP contribution in [0.5, 0.6) is 0 Å². The van der Waals surface area contributed by atoms with Crippen molar-refractivity contribution in [1.82, 2.24) is 15.1 Å². The second-order valence-electron chi connectivity index (χ2n) is 8.32. The first kappa shape index (κ1) is 23.2. The third kappa shape index (κ3) is 5.01. The fourth-order valence-corrected chi connectivity index (χ4v) is 4.00. The number of fused-ring (bicyclic) bond motifs is 1. The van der Waals surface area contributed by atoms with Gasteiger partial charge in [-0.05, 0) is 67.4 Å². The van der Waals surface area contributed by atoms with Crippen molar-refractivity contribution < 1.29 is 14.3 Å². The lowest BCUT2D eigenvalue weighted by atomic mass is 10.0. The molecule has 1 N–H and O–H groups in total. The number of esters is 1. The zero-order chi connectivity index (χ0) is 24.1. The summed E-state index contributed by atoms with van der Waals surface area (Å²) in [4.78, 5) is 25.0. The van der Waals surface area contributed by atoms with E-state index in [2.05, 4.69) is 41.6 Å². The molecule has 6 heteroatoms. The molecule has 174 valence electrons. The third-order valence-corrected chi connectivity index (χ3v) is 5.71. The highest BCUT2D eigenvalue weighted by molar-refractivity contribution is 5.94. The predicted molar refractivity (Wildman–Crippen MR) is 134 cm³/mol. The fraction of sp³-hybridized carbons (Fsp3) is 0.250. The minimum Gasteiger partial charge on any atom is -0.461 e. The van der Waals surface area contributed by atoms with Crippen LogP contribution in [0.4, 0.5) is 0 Å². The average molecular weight is 456 g/mol. The van der Waals surface area contributed by atoms with Crippen molar-refractivity contribution in [2.45, 2.75) is 39.7 Å². The third-order valence-electron chi connectivity index (χ3n) is 5.71. The van der Waals surface area contributed by atoms with E-state index in [0.717, 1.165) is 40.6 Å². The number of nitrogens with zero attached hydrogens (tertiary/aromatic N) is 2. The first-order valence-electron chi connectivity index (χ1n) is 11.7. The molecule has 0 bridgehead atoms. The van der Waals surface area contributed by atoms with E-state index in [1.807, 2.05) is 37.3 Å². The van der Waals surface area contributed by atoms with Crippen LogP contribution in [0.3, 0.4) is 0 Å². The maximum atomic E-state index is 12.6. The van der Waals surface area contributed by atoms with Gasteiger partial charge in [0.15, 0.2) is 5.69 Å². The summed E-state index contributed by atoms with van der Waals surface area (Å²) in [6.07, 6.45) is 1.95. The van der Waals surface area contributed by atoms with E-state index in [4.69, 9.17) is 4.74 Å². The molecular formula is C28H29N3O3. The lowest BCUT2D eigenvalue weighted by Crippen LogP contribution is -2.32. The summed E-state index contributed by atoms with van der Waals surface area (Å²) in [5, 5.41) is 9.80. The van der Waals surface area contributed by atoms with Gasteiger partial charge in [-0.2, -0.15) is 5.10 Å². The van der Waals surface area contributed by atoms with Gasteiger partial charge in [-0.3, -0.25) is 4.79 Å². The summed E-state index contributed by atoms with van der Waals surface area (Å²) in [6, 6.07) is 23.4. The number of hydrogen-bond acceptors (Lipinski definition) is 4. The largest absolute Gasteiger partial charge is 0.461 e. The van der Waals surface area contributed by atoms with E-state index in [9.17, 15) is 9.59 Å². The van der Waals surface area contributed by atoms with E-state index in [-0.39, 0.29) is 24.2 Å². The molecule has 3 aromatic carbocycles. The number of carbonyl (C=O) groups is 2. The van der Waals surface area contributed by atoms with E-state index in [1.54, 1.807) is 29.8 Å². The summed E-state index contributed by atoms with van der Waals surface area (Å²) >= 11 is 0. The van der Waals surface area contributed by atoms with Gasteiger partial charge in [-0.25, -0.2) is 9.48 Å². The maximum absolute atomic E-state index is 12.6. The van der Waals surface area contributed by atoms with E-state index in [1.165, 1.54) is 0 Å². The van der Waals surface area contributed by atoms with Gasteiger partial charge in [-0.15, -0.1) is 0 Å². The number of carbonyl (C=O) groups excluding carboxylic acids is 2. The van der Waals surface area contributed by atoms with Gasteiger partial charge in [0.25, 0.3) is 5.91 Å². The minimum absolute atomic E-state index is 0.102. The molecular weight excluding hydrogens is 426 g/mol. The summed E-state index contributed by atoms with van der Waals surface area (Å²) in [5.74, 6) is -0.570. The van der Waals surface area contributed by atoms with Gasteiger partial charge in [0.1, 0.15) is 0 Å². The second kappa shape index (κ2) is 10.3. The number of aromatic nitrogens is 2. The van der Waals surface area contributed by atoms with Gasteiger partial charge in [0, 0.05) is 17.2 Å². The molecule has 0 saturated heterocycles. The lowest BCUT2D eigenvalue weighted by Gasteiger charge is -2.13. The Hall–Kier alpha value is -3.93. The topological polar surface area (TPSA) is 73.2 Å². The Morgan fingerprint density at radius 2 is 1.71 bits per heavy atom. The summed E-state index contributed by atoms with van der Waals surface area (Å²) in [7, 11) is 0. The van der Waals surface area contributed by atoms with Crippen molar-refractivity contribution in [3.05, 3.63) is 84.1 Å². The van der Waals surface area contributed by atoms with Crippen molar-refractivity contribution >= 4 is 22.6 Å². The van der Waals surface area contributed by atoms with Crippen LogP contribution in [0.1, 0.15) is 54.5 Å². The molecule has 0 radical (unpaired) electrons. The Bertz CT molecular complexity index is 1310.